The molecule has 100 valence electrons. The van der Waals surface area contributed by atoms with Crippen LogP contribution >= 0.6 is 22.9 Å². The van der Waals surface area contributed by atoms with Crippen LogP contribution in [0.5, 0.6) is 0 Å². The number of hydrogen-bond donors (Lipinski definition) is 1. The first-order chi connectivity index (χ1) is 8.81. The highest BCUT2D eigenvalue weighted by Crippen LogP contribution is 2.31. The maximum atomic E-state index is 6.01. The molecule has 0 aromatic carbocycles. The Hall–Kier alpha value is -0.0900. The molecule has 0 amide bonds. The van der Waals surface area contributed by atoms with E-state index in [0.29, 0.717) is 0 Å². The molecule has 0 radical (unpaired) electrons. The Bertz CT molecular complexity index is 383. The predicted octanol–water partition coefficient (Wildman–Crippen LogP) is 3.37. The van der Waals surface area contributed by atoms with Crippen molar-refractivity contribution in [2.75, 3.05) is 19.6 Å². The normalized spacial score (nSPS) is 24.7. The van der Waals surface area contributed by atoms with E-state index in [1.165, 1.54) is 50.2 Å². The van der Waals surface area contributed by atoms with Crippen LogP contribution in [0.4, 0.5) is 0 Å². The quantitative estimate of drug-likeness (QED) is 0.892. The minimum absolute atomic E-state index is 0.841. The summed E-state index contributed by atoms with van der Waals surface area (Å²) in [7, 11) is 0. The molecule has 0 bridgehead atoms. The number of thiophene rings is 1. The van der Waals surface area contributed by atoms with E-state index < -0.39 is 0 Å². The second-order valence-electron chi connectivity index (χ2n) is 5.60. The molecule has 1 atom stereocenters. The Morgan fingerprint density at radius 3 is 2.89 bits per heavy atom. The third kappa shape index (κ3) is 3.47. The van der Waals surface area contributed by atoms with Gasteiger partial charge >= 0.3 is 0 Å². The first kappa shape index (κ1) is 12.9. The van der Waals surface area contributed by atoms with Gasteiger partial charge in [-0.2, -0.15) is 0 Å². The summed E-state index contributed by atoms with van der Waals surface area (Å²) in [5, 5.41) is 6.46. The van der Waals surface area contributed by atoms with E-state index in [1.54, 1.807) is 11.3 Å². The molecule has 1 aromatic heterocycles. The van der Waals surface area contributed by atoms with Crippen LogP contribution in [0.25, 0.3) is 0 Å². The summed E-state index contributed by atoms with van der Waals surface area (Å²) in [5.41, 5.74) is 0. The van der Waals surface area contributed by atoms with Gasteiger partial charge in [-0.1, -0.05) is 11.6 Å². The van der Waals surface area contributed by atoms with Gasteiger partial charge in [-0.25, -0.2) is 0 Å². The average molecular weight is 285 g/mol. The molecule has 2 aliphatic rings. The summed E-state index contributed by atoms with van der Waals surface area (Å²) in [6.45, 7) is 4.76. The molecule has 3 rings (SSSR count). The van der Waals surface area contributed by atoms with Crippen LogP contribution < -0.4 is 5.32 Å². The summed E-state index contributed by atoms with van der Waals surface area (Å²) in [4.78, 5) is 4.09. The van der Waals surface area contributed by atoms with Crippen molar-refractivity contribution in [2.45, 2.75) is 38.3 Å². The van der Waals surface area contributed by atoms with Crippen molar-refractivity contribution in [3.8, 4) is 0 Å². The first-order valence-corrected chi connectivity index (χ1v) is 8.25. The summed E-state index contributed by atoms with van der Waals surface area (Å²) < 4.78 is 0. The van der Waals surface area contributed by atoms with Gasteiger partial charge in [0.05, 0.1) is 5.02 Å². The summed E-state index contributed by atoms with van der Waals surface area (Å²) in [5.74, 6) is 0.842. The fraction of sp³-hybridized carbons (Fsp3) is 0.714. The number of piperidine rings is 1. The molecule has 1 aliphatic heterocycles. The van der Waals surface area contributed by atoms with Gasteiger partial charge in [0.15, 0.2) is 0 Å². The second kappa shape index (κ2) is 5.91. The first-order valence-electron chi connectivity index (χ1n) is 6.99. The third-order valence-electron chi connectivity index (χ3n) is 3.94. The van der Waals surface area contributed by atoms with Crippen LogP contribution in [-0.4, -0.2) is 30.6 Å². The molecule has 0 spiro atoms. The SMILES string of the molecule is Clc1csc(CN(CC2CCCNC2)C2CC2)c1. The highest BCUT2D eigenvalue weighted by Gasteiger charge is 2.31. The van der Waals surface area contributed by atoms with Crippen LogP contribution in [0.2, 0.25) is 5.02 Å². The molecule has 1 saturated carbocycles. The van der Waals surface area contributed by atoms with Gasteiger partial charge in [-0.3, -0.25) is 4.90 Å². The Kier molecular flexibility index (Phi) is 4.24. The van der Waals surface area contributed by atoms with Gasteiger partial charge in [-0.05, 0) is 50.8 Å². The third-order valence-corrected chi connectivity index (χ3v) is 5.20. The van der Waals surface area contributed by atoms with Crippen molar-refractivity contribution >= 4 is 22.9 Å². The lowest BCUT2D eigenvalue weighted by Crippen LogP contribution is -2.38. The maximum absolute atomic E-state index is 6.01. The summed E-state index contributed by atoms with van der Waals surface area (Å²) in [6.07, 6.45) is 5.51. The topological polar surface area (TPSA) is 15.3 Å². The molecule has 2 fully saturated rings. The predicted molar refractivity (Wildman–Crippen MR) is 78.4 cm³/mol. The van der Waals surface area contributed by atoms with Gasteiger partial charge in [0.2, 0.25) is 0 Å². The van der Waals surface area contributed by atoms with Crippen molar-refractivity contribution in [1.82, 2.24) is 10.2 Å². The fourth-order valence-electron chi connectivity index (χ4n) is 2.83. The number of halogens is 1. The van der Waals surface area contributed by atoms with E-state index in [4.69, 9.17) is 11.6 Å². The van der Waals surface area contributed by atoms with Gasteiger partial charge in [-0.15, -0.1) is 11.3 Å². The molecular weight excluding hydrogens is 264 g/mol. The Morgan fingerprint density at radius 2 is 2.28 bits per heavy atom. The van der Waals surface area contributed by atoms with Gasteiger partial charge in [0, 0.05) is 29.4 Å². The van der Waals surface area contributed by atoms with Gasteiger partial charge in [0.25, 0.3) is 0 Å². The van der Waals surface area contributed by atoms with Crippen LogP contribution in [0.3, 0.4) is 0 Å². The Labute approximate surface area is 118 Å². The monoisotopic (exact) mass is 284 g/mol. The van der Waals surface area contributed by atoms with Crippen LogP contribution in [0, 0.1) is 5.92 Å². The van der Waals surface area contributed by atoms with E-state index in [0.717, 1.165) is 23.5 Å². The van der Waals surface area contributed by atoms with Crippen LogP contribution in [0.15, 0.2) is 11.4 Å². The molecule has 1 aromatic rings. The minimum atomic E-state index is 0.841. The van der Waals surface area contributed by atoms with Crippen molar-refractivity contribution in [2.24, 2.45) is 5.92 Å². The zero-order valence-corrected chi connectivity index (χ0v) is 12.3. The smallest absolute Gasteiger partial charge is 0.0516 e. The maximum Gasteiger partial charge on any atom is 0.0516 e. The van der Waals surface area contributed by atoms with E-state index in [2.05, 4.69) is 16.3 Å². The molecule has 2 nitrogen and oxygen atoms in total. The molecule has 2 heterocycles. The largest absolute Gasteiger partial charge is 0.316 e. The second-order valence-corrected chi connectivity index (χ2v) is 7.04. The van der Waals surface area contributed by atoms with Crippen LogP contribution in [-0.2, 0) is 6.54 Å². The number of rotatable bonds is 5. The summed E-state index contributed by atoms with van der Waals surface area (Å²) in [6, 6.07) is 2.97. The lowest BCUT2D eigenvalue weighted by atomic mass is 9.99. The lowest BCUT2D eigenvalue weighted by Gasteiger charge is -2.30. The molecule has 4 heteroatoms. The molecule has 1 aliphatic carbocycles. The molecule has 1 N–H and O–H groups in total. The van der Waals surface area contributed by atoms with Gasteiger partial charge < -0.3 is 5.32 Å². The average Bonchev–Trinajstić information content (AvgIpc) is 3.15. The minimum Gasteiger partial charge on any atom is -0.316 e. The number of nitrogens with one attached hydrogen (secondary N) is 1. The van der Waals surface area contributed by atoms with E-state index >= 15 is 0 Å². The van der Waals surface area contributed by atoms with E-state index in [9.17, 15) is 0 Å². The standard InChI is InChI=1S/C14H21ClN2S/c15-12-6-14(18-10-12)9-17(13-3-4-13)8-11-2-1-5-16-7-11/h6,10-11,13,16H,1-5,7-9H2. The van der Waals surface area contributed by atoms with Crippen molar-refractivity contribution in [3.05, 3.63) is 21.3 Å². The highest BCUT2D eigenvalue weighted by atomic mass is 35.5. The van der Waals surface area contributed by atoms with Gasteiger partial charge in [0.1, 0.15) is 0 Å². The molecule has 1 unspecified atom stereocenters. The Balaban J connectivity index is 1.57. The van der Waals surface area contributed by atoms with Crippen molar-refractivity contribution in [3.63, 3.8) is 0 Å². The molecule has 18 heavy (non-hydrogen) atoms. The lowest BCUT2D eigenvalue weighted by molar-refractivity contribution is 0.194. The van der Waals surface area contributed by atoms with Crippen molar-refractivity contribution < 1.29 is 0 Å². The summed E-state index contributed by atoms with van der Waals surface area (Å²) >= 11 is 7.81. The van der Waals surface area contributed by atoms with E-state index in [-0.39, 0.29) is 0 Å². The van der Waals surface area contributed by atoms with E-state index in [1.807, 2.05) is 5.38 Å². The number of nitrogens with zero attached hydrogens (tertiary/aromatic N) is 1. The van der Waals surface area contributed by atoms with Crippen molar-refractivity contribution in [1.29, 1.82) is 0 Å². The van der Waals surface area contributed by atoms with Crippen LogP contribution in [0.1, 0.15) is 30.6 Å². The number of hydrogen-bond acceptors (Lipinski definition) is 3. The molecular formula is C14H21ClN2S. The fourth-order valence-corrected chi connectivity index (χ4v) is 3.93. The zero-order valence-electron chi connectivity index (χ0n) is 10.7. The molecule has 1 saturated heterocycles. The highest BCUT2D eigenvalue weighted by molar-refractivity contribution is 7.10. The Morgan fingerprint density at radius 1 is 1.39 bits per heavy atom. The zero-order chi connectivity index (χ0) is 12.4.